The van der Waals surface area contributed by atoms with Crippen LogP contribution < -0.4 is 5.32 Å². The highest BCUT2D eigenvalue weighted by atomic mass is 16.1. The molecule has 7 heavy (non-hydrogen) atoms. The molecule has 0 aromatic carbocycles. The van der Waals surface area contributed by atoms with Crippen LogP contribution in [0.2, 0.25) is 0 Å². The van der Waals surface area contributed by atoms with Crippen molar-refractivity contribution in [3.8, 4) is 6.07 Å². The normalized spacial score (nSPS) is 6.14. The maximum absolute atomic E-state index is 9.45. The van der Waals surface area contributed by atoms with Gasteiger partial charge in [-0.25, -0.2) is 0 Å². The van der Waals surface area contributed by atoms with Gasteiger partial charge in [0.25, 0.3) is 0 Å². The first-order valence-electron chi connectivity index (χ1n) is 1.60. The molecular formula is C4H4N2O. The van der Waals surface area contributed by atoms with Crippen LogP contribution in [0.4, 0.5) is 0 Å². The highest BCUT2D eigenvalue weighted by molar-refractivity contribution is 5.51. The lowest BCUT2D eigenvalue weighted by Crippen LogP contribution is -2.05. The van der Waals surface area contributed by atoms with Crippen molar-refractivity contribution in [3.63, 3.8) is 0 Å². The van der Waals surface area contributed by atoms with Crippen LogP contribution in [0.1, 0.15) is 0 Å². The van der Waals surface area contributed by atoms with Crippen LogP contribution in [0.3, 0.4) is 0 Å². The van der Waals surface area contributed by atoms with Gasteiger partial charge in [-0.05, 0) is 0 Å². The van der Waals surface area contributed by atoms with Gasteiger partial charge in [-0.15, -0.1) is 0 Å². The molecule has 36 valence electrons. The van der Waals surface area contributed by atoms with Crippen molar-refractivity contribution in [1.29, 1.82) is 5.26 Å². The summed E-state index contributed by atoms with van der Waals surface area (Å²) < 4.78 is 0. The third kappa shape index (κ3) is 2.50. The molecule has 0 unspecified atom stereocenters. The second kappa shape index (κ2) is 2.91. The summed E-state index contributed by atoms with van der Waals surface area (Å²) in [6.45, 7) is 3.16. The van der Waals surface area contributed by atoms with Gasteiger partial charge < -0.3 is 5.32 Å². The zero-order valence-electron chi connectivity index (χ0n) is 3.64. The Kier molecular flexibility index (Phi) is 2.37. The minimum atomic E-state index is 0.0648. The fourth-order valence-corrected chi connectivity index (χ4v) is 0.103. The third-order valence-corrected chi connectivity index (χ3v) is 0.368. The van der Waals surface area contributed by atoms with E-state index in [0.717, 1.165) is 0 Å². The molecule has 1 amide bonds. The Balaban J connectivity index is 3.43. The highest BCUT2D eigenvalue weighted by Crippen LogP contribution is 1.70. The van der Waals surface area contributed by atoms with Gasteiger partial charge in [-0.3, -0.25) is 4.79 Å². The minimum absolute atomic E-state index is 0.0648. The number of amides is 1. The van der Waals surface area contributed by atoms with Crippen molar-refractivity contribution in [1.82, 2.24) is 5.32 Å². The molecule has 0 atom stereocenters. The summed E-state index contributed by atoms with van der Waals surface area (Å²) in [5.74, 6) is 0. The van der Waals surface area contributed by atoms with Crippen molar-refractivity contribution >= 4 is 6.41 Å². The number of rotatable bonds is 2. The Labute approximate surface area is 41.2 Å². The number of nitriles is 1. The van der Waals surface area contributed by atoms with Gasteiger partial charge >= 0.3 is 0 Å². The molecule has 0 bridgehead atoms. The van der Waals surface area contributed by atoms with E-state index in [1.807, 2.05) is 0 Å². The van der Waals surface area contributed by atoms with Gasteiger partial charge in [-0.2, -0.15) is 5.26 Å². The molecular weight excluding hydrogens is 92.1 g/mol. The van der Waals surface area contributed by atoms with Gasteiger partial charge in [0.2, 0.25) is 6.41 Å². The largest absolute Gasteiger partial charge is 0.320 e. The number of nitrogens with one attached hydrogen (secondary N) is 1. The first-order chi connectivity index (χ1) is 3.31. The van der Waals surface area contributed by atoms with E-state index in [2.05, 4.69) is 11.9 Å². The predicted octanol–water partition coefficient (Wildman–Crippen LogP) is -0.230. The Bertz CT molecular complexity index is 122. The molecule has 0 aromatic rings. The maximum atomic E-state index is 9.45. The van der Waals surface area contributed by atoms with Gasteiger partial charge in [-0.1, -0.05) is 6.58 Å². The molecule has 0 radical (unpaired) electrons. The molecule has 0 aliphatic carbocycles. The lowest BCUT2D eigenvalue weighted by atomic mass is 10.6. The SMILES string of the molecule is C=C(C#N)NC=O. The van der Waals surface area contributed by atoms with Crippen LogP contribution in [0.15, 0.2) is 12.3 Å². The van der Waals surface area contributed by atoms with Crippen molar-refractivity contribution in [2.45, 2.75) is 0 Å². The Morgan fingerprint density at radius 3 is 2.71 bits per heavy atom. The van der Waals surface area contributed by atoms with Crippen LogP contribution in [0.25, 0.3) is 0 Å². The number of carbonyl (C=O) groups excluding carboxylic acids is 1. The molecule has 0 saturated carbocycles. The lowest BCUT2D eigenvalue weighted by molar-refractivity contribution is -0.108. The molecule has 0 saturated heterocycles. The second-order valence-corrected chi connectivity index (χ2v) is 0.853. The van der Waals surface area contributed by atoms with E-state index < -0.39 is 0 Å². The highest BCUT2D eigenvalue weighted by Gasteiger charge is 1.79. The summed E-state index contributed by atoms with van der Waals surface area (Å²) in [4.78, 5) is 9.45. The molecule has 1 N–H and O–H groups in total. The smallest absolute Gasteiger partial charge is 0.212 e. The van der Waals surface area contributed by atoms with E-state index in [9.17, 15) is 4.79 Å². The average molecular weight is 96.1 g/mol. The summed E-state index contributed by atoms with van der Waals surface area (Å²) in [5.41, 5.74) is 0.0648. The van der Waals surface area contributed by atoms with Crippen LogP contribution in [-0.4, -0.2) is 6.41 Å². The van der Waals surface area contributed by atoms with Crippen LogP contribution in [0.5, 0.6) is 0 Å². The number of hydrogen-bond donors (Lipinski definition) is 1. The fraction of sp³-hybridized carbons (Fsp3) is 0. The summed E-state index contributed by atoms with van der Waals surface area (Å²) >= 11 is 0. The Morgan fingerprint density at radius 2 is 2.57 bits per heavy atom. The Morgan fingerprint density at radius 1 is 2.00 bits per heavy atom. The number of allylic oxidation sites excluding steroid dienone is 1. The van der Waals surface area contributed by atoms with E-state index in [1.165, 1.54) is 0 Å². The van der Waals surface area contributed by atoms with Gasteiger partial charge in [0, 0.05) is 0 Å². The van der Waals surface area contributed by atoms with Gasteiger partial charge in [0.1, 0.15) is 11.8 Å². The van der Waals surface area contributed by atoms with Crippen LogP contribution in [0, 0.1) is 11.3 Å². The van der Waals surface area contributed by atoms with Gasteiger partial charge in [0.05, 0.1) is 0 Å². The van der Waals surface area contributed by atoms with E-state index >= 15 is 0 Å². The molecule has 0 aromatic heterocycles. The molecule has 0 aliphatic heterocycles. The summed E-state index contributed by atoms with van der Waals surface area (Å²) in [6, 6.07) is 1.63. The topological polar surface area (TPSA) is 52.9 Å². The number of nitrogens with zero attached hydrogens (tertiary/aromatic N) is 1. The Hall–Kier alpha value is -1.30. The lowest BCUT2D eigenvalue weighted by Gasteiger charge is -1.83. The van der Waals surface area contributed by atoms with Crippen molar-refractivity contribution in [2.75, 3.05) is 0 Å². The molecule has 0 fully saturated rings. The van der Waals surface area contributed by atoms with E-state index in [4.69, 9.17) is 5.26 Å². The zero-order chi connectivity index (χ0) is 5.70. The van der Waals surface area contributed by atoms with E-state index in [1.54, 1.807) is 6.07 Å². The van der Waals surface area contributed by atoms with Gasteiger partial charge in [0.15, 0.2) is 0 Å². The monoisotopic (exact) mass is 96.0 g/mol. The van der Waals surface area contributed by atoms with E-state index in [0.29, 0.717) is 6.41 Å². The summed E-state index contributed by atoms with van der Waals surface area (Å²) in [5, 5.41) is 9.95. The zero-order valence-corrected chi connectivity index (χ0v) is 3.64. The van der Waals surface area contributed by atoms with E-state index in [-0.39, 0.29) is 5.70 Å². The molecule has 0 heterocycles. The number of carbonyl (C=O) groups is 1. The quantitative estimate of drug-likeness (QED) is 0.381. The molecule has 0 spiro atoms. The molecule has 3 nitrogen and oxygen atoms in total. The third-order valence-electron chi connectivity index (χ3n) is 0.368. The first-order valence-corrected chi connectivity index (χ1v) is 1.60. The molecule has 0 aliphatic rings. The van der Waals surface area contributed by atoms with Crippen molar-refractivity contribution < 1.29 is 4.79 Å². The second-order valence-electron chi connectivity index (χ2n) is 0.853. The van der Waals surface area contributed by atoms with Crippen molar-refractivity contribution in [3.05, 3.63) is 12.3 Å². The first kappa shape index (κ1) is 5.70. The summed E-state index contributed by atoms with van der Waals surface area (Å²) in [7, 11) is 0. The van der Waals surface area contributed by atoms with Crippen LogP contribution in [-0.2, 0) is 4.79 Å². The molecule has 3 heteroatoms. The number of hydrogen-bond acceptors (Lipinski definition) is 2. The predicted molar refractivity (Wildman–Crippen MR) is 24.0 cm³/mol. The van der Waals surface area contributed by atoms with Crippen molar-refractivity contribution in [2.24, 2.45) is 0 Å². The average Bonchev–Trinajstić information content (AvgIpc) is 1.68. The van der Waals surface area contributed by atoms with Crippen LogP contribution >= 0.6 is 0 Å². The molecule has 0 rings (SSSR count). The standard InChI is InChI=1S/C4H4N2O/c1-4(2-5)6-3-7/h3H,1H2,(H,6,7). The maximum Gasteiger partial charge on any atom is 0.212 e. The fourth-order valence-electron chi connectivity index (χ4n) is 0.103. The minimum Gasteiger partial charge on any atom is -0.320 e. The summed E-state index contributed by atoms with van der Waals surface area (Å²) in [6.07, 6.45) is 0.408.